The lowest BCUT2D eigenvalue weighted by Crippen LogP contribution is -2.37. The molecule has 94 valence electrons. The van der Waals surface area contributed by atoms with E-state index in [1.807, 2.05) is 6.07 Å². The standard InChI is InChI=1S/C14H20FNO/c1-17-12-8-6-7-11(13(12)15)14(16)9-4-2-3-5-10-14/h6-8H,2-5,9-10,16H2,1H3. The summed E-state index contributed by atoms with van der Waals surface area (Å²) in [6, 6.07) is 5.25. The first-order valence-electron chi connectivity index (χ1n) is 6.29. The molecule has 2 rings (SSSR count). The predicted octanol–water partition coefficient (Wildman–Crippen LogP) is 3.34. The van der Waals surface area contributed by atoms with Crippen LogP contribution in [0.3, 0.4) is 0 Å². The fraction of sp³-hybridized carbons (Fsp3) is 0.571. The summed E-state index contributed by atoms with van der Waals surface area (Å²) in [5.74, 6) is -0.00373. The van der Waals surface area contributed by atoms with Crippen LogP contribution >= 0.6 is 0 Å². The molecule has 0 aromatic heterocycles. The van der Waals surface area contributed by atoms with E-state index in [1.54, 1.807) is 12.1 Å². The zero-order valence-corrected chi connectivity index (χ0v) is 10.3. The van der Waals surface area contributed by atoms with Gasteiger partial charge in [-0.05, 0) is 18.9 Å². The topological polar surface area (TPSA) is 35.2 Å². The molecule has 0 aliphatic heterocycles. The highest BCUT2D eigenvalue weighted by Crippen LogP contribution is 2.37. The summed E-state index contributed by atoms with van der Waals surface area (Å²) in [4.78, 5) is 0. The number of halogens is 1. The molecule has 2 nitrogen and oxygen atoms in total. The lowest BCUT2D eigenvalue weighted by molar-refractivity contribution is 0.345. The van der Waals surface area contributed by atoms with Crippen LogP contribution in [0.5, 0.6) is 5.75 Å². The molecule has 0 radical (unpaired) electrons. The van der Waals surface area contributed by atoms with Crippen LogP contribution in [0.25, 0.3) is 0 Å². The summed E-state index contributed by atoms with van der Waals surface area (Å²) in [7, 11) is 1.48. The van der Waals surface area contributed by atoms with E-state index >= 15 is 0 Å². The minimum atomic E-state index is -0.519. The molecule has 1 aliphatic carbocycles. The SMILES string of the molecule is COc1cccc(C2(N)CCCCCC2)c1F. The van der Waals surface area contributed by atoms with E-state index in [9.17, 15) is 4.39 Å². The van der Waals surface area contributed by atoms with Gasteiger partial charge in [0.2, 0.25) is 0 Å². The van der Waals surface area contributed by atoms with E-state index < -0.39 is 5.54 Å². The Morgan fingerprint density at radius 1 is 1.18 bits per heavy atom. The van der Waals surface area contributed by atoms with Crippen LogP contribution in [0.15, 0.2) is 18.2 Å². The Morgan fingerprint density at radius 3 is 2.41 bits per heavy atom. The Hall–Kier alpha value is -1.09. The van der Waals surface area contributed by atoms with Crippen molar-refractivity contribution in [3.63, 3.8) is 0 Å². The molecule has 17 heavy (non-hydrogen) atoms. The van der Waals surface area contributed by atoms with Crippen molar-refractivity contribution < 1.29 is 9.13 Å². The molecule has 0 atom stereocenters. The van der Waals surface area contributed by atoms with Gasteiger partial charge in [-0.15, -0.1) is 0 Å². The van der Waals surface area contributed by atoms with E-state index in [4.69, 9.17) is 10.5 Å². The first kappa shape index (κ1) is 12.4. The van der Waals surface area contributed by atoms with E-state index in [1.165, 1.54) is 20.0 Å². The third-order valence-corrected chi connectivity index (χ3v) is 3.72. The average Bonchev–Trinajstić information content (AvgIpc) is 2.55. The highest BCUT2D eigenvalue weighted by atomic mass is 19.1. The van der Waals surface area contributed by atoms with Crippen LogP contribution < -0.4 is 10.5 Å². The normalized spacial score (nSPS) is 19.7. The number of hydrogen-bond acceptors (Lipinski definition) is 2. The molecular formula is C14H20FNO. The molecular weight excluding hydrogens is 217 g/mol. The summed E-state index contributed by atoms with van der Waals surface area (Å²) in [5.41, 5.74) is 6.50. The molecule has 0 spiro atoms. The Balaban J connectivity index is 2.37. The molecule has 1 fully saturated rings. The maximum atomic E-state index is 14.2. The van der Waals surface area contributed by atoms with Gasteiger partial charge >= 0.3 is 0 Å². The average molecular weight is 237 g/mol. The smallest absolute Gasteiger partial charge is 0.170 e. The second-order valence-corrected chi connectivity index (χ2v) is 4.89. The number of methoxy groups -OCH3 is 1. The molecule has 2 N–H and O–H groups in total. The third-order valence-electron chi connectivity index (χ3n) is 3.72. The molecule has 1 aromatic rings. The van der Waals surface area contributed by atoms with Gasteiger partial charge in [0.1, 0.15) is 0 Å². The second-order valence-electron chi connectivity index (χ2n) is 4.89. The third kappa shape index (κ3) is 2.44. The van der Waals surface area contributed by atoms with Crippen molar-refractivity contribution in [2.24, 2.45) is 5.73 Å². The predicted molar refractivity (Wildman–Crippen MR) is 66.5 cm³/mol. The van der Waals surface area contributed by atoms with E-state index in [2.05, 4.69) is 0 Å². The lowest BCUT2D eigenvalue weighted by Gasteiger charge is -2.29. The highest BCUT2D eigenvalue weighted by molar-refractivity contribution is 5.35. The highest BCUT2D eigenvalue weighted by Gasteiger charge is 2.31. The van der Waals surface area contributed by atoms with Crippen molar-refractivity contribution in [1.82, 2.24) is 0 Å². The molecule has 3 heteroatoms. The largest absolute Gasteiger partial charge is 0.494 e. The summed E-state index contributed by atoms with van der Waals surface area (Å²) >= 11 is 0. The van der Waals surface area contributed by atoms with Gasteiger partial charge in [0.05, 0.1) is 7.11 Å². The van der Waals surface area contributed by atoms with Gasteiger partial charge in [0.15, 0.2) is 11.6 Å². The molecule has 1 saturated carbocycles. The summed E-state index contributed by atoms with van der Waals surface area (Å²) in [6.45, 7) is 0. The van der Waals surface area contributed by atoms with Crippen molar-refractivity contribution in [1.29, 1.82) is 0 Å². The van der Waals surface area contributed by atoms with Crippen molar-refractivity contribution in [3.8, 4) is 5.75 Å². The first-order valence-corrected chi connectivity index (χ1v) is 6.29. The monoisotopic (exact) mass is 237 g/mol. The minimum Gasteiger partial charge on any atom is -0.494 e. The fourth-order valence-corrected chi connectivity index (χ4v) is 2.68. The summed E-state index contributed by atoms with van der Waals surface area (Å²) < 4.78 is 19.3. The van der Waals surface area contributed by atoms with Crippen LogP contribution in [0, 0.1) is 5.82 Å². The molecule has 0 unspecified atom stereocenters. The van der Waals surface area contributed by atoms with Gasteiger partial charge in [-0.2, -0.15) is 0 Å². The van der Waals surface area contributed by atoms with Crippen LogP contribution in [0.2, 0.25) is 0 Å². The quantitative estimate of drug-likeness (QED) is 0.801. The van der Waals surface area contributed by atoms with E-state index in [0.717, 1.165) is 25.7 Å². The molecule has 1 aromatic carbocycles. The van der Waals surface area contributed by atoms with Crippen LogP contribution in [0.1, 0.15) is 44.1 Å². The summed E-state index contributed by atoms with van der Waals surface area (Å²) in [5, 5.41) is 0. The van der Waals surface area contributed by atoms with Gasteiger partial charge in [0, 0.05) is 11.1 Å². The lowest BCUT2D eigenvalue weighted by atomic mass is 9.83. The fourth-order valence-electron chi connectivity index (χ4n) is 2.68. The summed E-state index contributed by atoms with van der Waals surface area (Å²) in [6.07, 6.45) is 6.27. The Kier molecular flexibility index (Phi) is 3.67. The molecule has 0 heterocycles. The zero-order valence-electron chi connectivity index (χ0n) is 10.3. The van der Waals surface area contributed by atoms with E-state index in [-0.39, 0.29) is 11.6 Å². The van der Waals surface area contributed by atoms with Gasteiger partial charge in [-0.25, -0.2) is 4.39 Å². The number of ether oxygens (including phenoxy) is 1. The zero-order chi connectivity index (χ0) is 12.3. The molecule has 1 aliphatic rings. The maximum Gasteiger partial charge on any atom is 0.170 e. The van der Waals surface area contributed by atoms with E-state index in [0.29, 0.717) is 5.56 Å². The van der Waals surface area contributed by atoms with Crippen LogP contribution in [-0.2, 0) is 5.54 Å². The van der Waals surface area contributed by atoms with Crippen molar-refractivity contribution in [2.75, 3.05) is 7.11 Å². The minimum absolute atomic E-state index is 0.288. The van der Waals surface area contributed by atoms with Gasteiger partial charge in [-0.3, -0.25) is 0 Å². The number of benzene rings is 1. The van der Waals surface area contributed by atoms with Gasteiger partial charge < -0.3 is 10.5 Å². The molecule has 0 amide bonds. The van der Waals surface area contributed by atoms with Gasteiger partial charge in [0.25, 0.3) is 0 Å². The Labute approximate surface area is 102 Å². The second kappa shape index (κ2) is 5.05. The van der Waals surface area contributed by atoms with Crippen molar-refractivity contribution in [2.45, 2.75) is 44.1 Å². The Morgan fingerprint density at radius 2 is 1.82 bits per heavy atom. The Bertz CT molecular complexity index is 384. The van der Waals surface area contributed by atoms with Crippen molar-refractivity contribution in [3.05, 3.63) is 29.6 Å². The number of nitrogens with two attached hydrogens (primary N) is 1. The molecule has 0 saturated heterocycles. The van der Waals surface area contributed by atoms with Gasteiger partial charge in [-0.1, -0.05) is 37.8 Å². The number of rotatable bonds is 2. The van der Waals surface area contributed by atoms with Crippen LogP contribution in [-0.4, -0.2) is 7.11 Å². The maximum absolute atomic E-state index is 14.2. The first-order chi connectivity index (χ1) is 8.17. The molecule has 0 bridgehead atoms. The van der Waals surface area contributed by atoms with Crippen molar-refractivity contribution >= 4 is 0 Å². The number of hydrogen-bond donors (Lipinski definition) is 1. The van der Waals surface area contributed by atoms with Crippen LogP contribution in [0.4, 0.5) is 4.39 Å².